The Labute approximate surface area is 188 Å². The van der Waals surface area contributed by atoms with Crippen molar-refractivity contribution in [1.29, 1.82) is 0 Å². The molecule has 0 radical (unpaired) electrons. The highest BCUT2D eigenvalue weighted by atomic mass is 35.5. The first-order chi connectivity index (χ1) is 15.2. The Bertz CT molecular complexity index is 1300. The summed E-state index contributed by atoms with van der Waals surface area (Å²) < 4.78 is 6.13. The van der Waals surface area contributed by atoms with Crippen molar-refractivity contribution in [2.45, 2.75) is 12.1 Å². The molecule has 2 unspecified atom stereocenters. The topological polar surface area (TPSA) is 67.3 Å². The minimum atomic E-state index is -0.989. The number of anilines is 1. The largest absolute Gasteiger partial charge is 0.455 e. The SMILES string of the molecule is OC(C#Cc1ccncc1)c1csc(C2Nc3cc(Cl)ccc3Oc3ccccc32)n1. The third-order valence-electron chi connectivity index (χ3n) is 4.79. The number of fused-ring (bicyclic) bond motifs is 2. The van der Waals surface area contributed by atoms with Crippen molar-refractivity contribution >= 4 is 28.6 Å². The number of hydrogen-bond donors (Lipinski definition) is 2. The molecular formula is C24H16ClN3O2S. The number of hydrogen-bond acceptors (Lipinski definition) is 6. The van der Waals surface area contributed by atoms with Crippen molar-refractivity contribution in [3.63, 3.8) is 0 Å². The summed E-state index contributed by atoms with van der Waals surface area (Å²) in [5.41, 5.74) is 3.03. The minimum absolute atomic E-state index is 0.255. The molecule has 2 aromatic heterocycles. The number of rotatable bonds is 2. The molecule has 0 aliphatic carbocycles. The number of aromatic nitrogens is 2. The third kappa shape index (κ3) is 4.12. The van der Waals surface area contributed by atoms with Gasteiger partial charge in [-0.25, -0.2) is 4.98 Å². The van der Waals surface area contributed by atoms with Crippen LogP contribution in [0.5, 0.6) is 11.5 Å². The molecule has 3 heterocycles. The van der Waals surface area contributed by atoms with E-state index in [9.17, 15) is 5.11 Å². The van der Waals surface area contributed by atoms with Gasteiger partial charge in [0.05, 0.1) is 11.4 Å². The standard InChI is InChI=1S/C24H16ClN3O2S/c25-16-6-8-22-18(13-16)27-23(17-3-1-2-4-21(17)30-22)24-28-19(14-31-24)20(29)7-5-15-9-11-26-12-10-15/h1-4,6,8-14,20,23,27,29H. The number of nitrogens with one attached hydrogen (secondary N) is 1. The van der Waals surface area contributed by atoms with Crippen molar-refractivity contribution in [1.82, 2.24) is 9.97 Å². The second kappa shape index (κ2) is 8.40. The molecule has 31 heavy (non-hydrogen) atoms. The first kappa shape index (κ1) is 19.6. The van der Waals surface area contributed by atoms with Gasteiger partial charge in [0.2, 0.25) is 0 Å². The van der Waals surface area contributed by atoms with E-state index in [1.807, 2.05) is 41.8 Å². The number of nitrogens with zero attached hydrogens (tertiary/aromatic N) is 2. The predicted molar refractivity (Wildman–Crippen MR) is 122 cm³/mol. The van der Waals surface area contributed by atoms with Crippen LogP contribution in [0, 0.1) is 11.8 Å². The van der Waals surface area contributed by atoms with Gasteiger partial charge in [-0.15, -0.1) is 11.3 Å². The quantitative estimate of drug-likeness (QED) is 0.394. The molecule has 0 bridgehead atoms. The monoisotopic (exact) mass is 445 g/mol. The van der Waals surface area contributed by atoms with Crippen LogP contribution in [-0.2, 0) is 0 Å². The third-order valence-corrected chi connectivity index (χ3v) is 5.95. The van der Waals surface area contributed by atoms with Crippen LogP contribution in [0.2, 0.25) is 5.02 Å². The highest BCUT2D eigenvalue weighted by Gasteiger charge is 2.27. The summed E-state index contributed by atoms with van der Waals surface area (Å²) in [5, 5.41) is 17.3. The molecule has 0 spiro atoms. The van der Waals surface area contributed by atoms with Gasteiger partial charge in [0.1, 0.15) is 16.8 Å². The van der Waals surface area contributed by atoms with Gasteiger partial charge < -0.3 is 15.2 Å². The van der Waals surface area contributed by atoms with Crippen LogP contribution in [0.1, 0.15) is 34.0 Å². The fourth-order valence-electron chi connectivity index (χ4n) is 3.28. The van der Waals surface area contributed by atoms with Crippen molar-refractivity contribution in [2.75, 3.05) is 5.32 Å². The molecule has 0 saturated heterocycles. The van der Waals surface area contributed by atoms with Crippen LogP contribution < -0.4 is 10.1 Å². The molecule has 0 fully saturated rings. The average Bonchev–Trinajstić information content (AvgIpc) is 3.22. The Kier molecular flexibility index (Phi) is 5.31. The first-order valence-corrected chi connectivity index (χ1v) is 10.8. The Morgan fingerprint density at radius 1 is 1.10 bits per heavy atom. The van der Waals surface area contributed by atoms with E-state index in [2.05, 4.69) is 27.1 Å². The van der Waals surface area contributed by atoms with Gasteiger partial charge in [0.15, 0.2) is 11.9 Å². The van der Waals surface area contributed by atoms with Gasteiger partial charge in [0, 0.05) is 33.9 Å². The molecule has 1 aliphatic heterocycles. The molecule has 4 aromatic rings. The minimum Gasteiger partial charge on any atom is -0.455 e. The zero-order chi connectivity index (χ0) is 21.2. The van der Waals surface area contributed by atoms with Crippen LogP contribution >= 0.6 is 22.9 Å². The zero-order valence-corrected chi connectivity index (χ0v) is 17.7. The second-order valence-corrected chi connectivity index (χ2v) is 8.20. The van der Waals surface area contributed by atoms with Gasteiger partial charge in [-0.2, -0.15) is 0 Å². The highest BCUT2D eigenvalue weighted by molar-refractivity contribution is 7.09. The van der Waals surface area contributed by atoms with Crippen molar-refractivity contribution in [2.24, 2.45) is 0 Å². The number of aliphatic hydroxyl groups is 1. The van der Waals surface area contributed by atoms with Crippen LogP contribution in [0.15, 0.2) is 72.4 Å². The van der Waals surface area contributed by atoms with Crippen LogP contribution in [0.25, 0.3) is 0 Å². The van der Waals surface area contributed by atoms with E-state index in [4.69, 9.17) is 16.3 Å². The smallest absolute Gasteiger partial charge is 0.158 e. The maximum atomic E-state index is 10.5. The lowest BCUT2D eigenvalue weighted by Crippen LogP contribution is -2.11. The summed E-state index contributed by atoms with van der Waals surface area (Å²) in [4.78, 5) is 8.65. The van der Waals surface area contributed by atoms with Gasteiger partial charge in [-0.1, -0.05) is 41.6 Å². The van der Waals surface area contributed by atoms with Gasteiger partial charge in [-0.3, -0.25) is 4.98 Å². The number of para-hydroxylation sites is 1. The molecule has 7 heteroatoms. The fraction of sp³-hybridized carbons (Fsp3) is 0.0833. The molecule has 5 nitrogen and oxygen atoms in total. The number of aliphatic hydroxyl groups excluding tert-OH is 1. The normalized spacial score (nSPS) is 15.2. The summed E-state index contributed by atoms with van der Waals surface area (Å²) in [6.45, 7) is 0. The highest BCUT2D eigenvalue weighted by Crippen LogP contribution is 2.43. The summed E-state index contributed by atoms with van der Waals surface area (Å²) >= 11 is 7.66. The Morgan fingerprint density at radius 2 is 1.94 bits per heavy atom. The van der Waals surface area contributed by atoms with Crippen LogP contribution in [-0.4, -0.2) is 15.1 Å². The lowest BCUT2D eigenvalue weighted by atomic mass is 10.1. The fourth-order valence-corrected chi connectivity index (χ4v) is 4.36. The van der Waals surface area contributed by atoms with Gasteiger partial charge in [-0.05, 0) is 36.4 Å². The first-order valence-electron chi connectivity index (χ1n) is 9.55. The van der Waals surface area contributed by atoms with Gasteiger partial charge in [0.25, 0.3) is 0 Å². The average molecular weight is 446 g/mol. The molecule has 2 aromatic carbocycles. The van der Waals surface area contributed by atoms with Crippen molar-refractivity contribution < 1.29 is 9.84 Å². The van der Waals surface area contributed by atoms with E-state index in [1.165, 1.54) is 11.3 Å². The number of thiazole rings is 1. The second-order valence-electron chi connectivity index (χ2n) is 6.88. The molecule has 2 N–H and O–H groups in total. The molecule has 0 saturated carbocycles. The molecule has 2 atom stereocenters. The Morgan fingerprint density at radius 3 is 2.81 bits per heavy atom. The van der Waals surface area contributed by atoms with E-state index >= 15 is 0 Å². The van der Waals surface area contributed by atoms with Crippen molar-refractivity contribution in [3.05, 3.63) is 99.2 Å². The van der Waals surface area contributed by atoms with E-state index in [0.717, 1.165) is 27.6 Å². The predicted octanol–water partition coefficient (Wildman–Crippen LogP) is 5.58. The zero-order valence-electron chi connectivity index (χ0n) is 16.1. The lowest BCUT2D eigenvalue weighted by molar-refractivity contribution is 0.234. The maximum Gasteiger partial charge on any atom is 0.158 e. The van der Waals surface area contributed by atoms with Crippen molar-refractivity contribution in [3.8, 4) is 23.3 Å². The lowest BCUT2D eigenvalue weighted by Gasteiger charge is -2.16. The number of benzene rings is 2. The summed E-state index contributed by atoms with van der Waals surface area (Å²) in [7, 11) is 0. The van der Waals surface area contributed by atoms with E-state index in [1.54, 1.807) is 30.6 Å². The number of halogens is 1. The summed E-state index contributed by atoms with van der Waals surface area (Å²) in [6, 6.07) is 16.6. The molecule has 1 aliphatic rings. The maximum absolute atomic E-state index is 10.5. The van der Waals surface area contributed by atoms with Gasteiger partial charge >= 0.3 is 0 Å². The van der Waals surface area contributed by atoms with Crippen LogP contribution in [0.4, 0.5) is 5.69 Å². The van der Waals surface area contributed by atoms with E-state index < -0.39 is 6.10 Å². The van der Waals surface area contributed by atoms with E-state index in [-0.39, 0.29) is 6.04 Å². The summed E-state index contributed by atoms with van der Waals surface area (Å²) in [5.74, 6) is 7.24. The van der Waals surface area contributed by atoms with E-state index in [0.29, 0.717) is 16.5 Å². The molecular weight excluding hydrogens is 430 g/mol. The Hall–Kier alpha value is -3.37. The number of ether oxygens (including phenoxy) is 1. The molecule has 152 valence electrons. The Balaban J connectivity index is 1.48. The van der Waals surface area contributed by atoms with Crippen LogP contribution in [0.3, 0.4) is 0 Å². The number of pyridine rings is 1. The summed E-state index contributed by atoms with van der Waals surface area (Å²) in [6.07, 6.45) is 2.34. The molecule has 0 amide bonds. The molecule has 5 rings (SSSR count).